The van der Waals surface area contributed by atoms with Gasteiger partial charge < -0.3 is 16.0 Å². The minimum atomic E-state index is -0.531. The van der Waals surface area contributed by atoms with Crippen LogP contribution < -0.4 is 16.0 Å². The maximum atomic E-state index is 11.8. The number of hydrogen-bond donors (Lipinski definition) is 3. The first-order valence-electron chi connectivity index (χ1n) is 6.37. The average Bonchev–Trinajstić information content (AvgIpc) is 2.44. The highest BCUT2D eigenvalue weighted by molar-refractivity contribution is 5.87. The quantitative estimate of drug-likeness (QED) is 0.652. The Hall–Kier alpha value is -1.88. The van der Waals surface area contributed by atoms with E-state index in [1.165, 1.54) is 0 Å². The first kappa shape index (κ1) is 15.2. The number of carbonyl (C=O) groups excluding carboxylic acids is 2. The lowest BCUT2D eigenvalue weighted by Crippen LogP contribution is -2.47. The van der Waals surface area contributed by atoms with Crippen molar-refractivity contribution >= 4 is 11.8 Å². The van der Waals surface area contributed by atoms with Crippen LogP contribution in [0.4, 0.5) is 0 Å². The molecule has 19 heavy (non-hydrogen) atoms. The molecule has 0 saturated carbocycles. The summed E-state index contributed by atoms with van der Waals surface area (Å²) < 4.78 is 0. The summed E-state index contributed by atoms with van der Waals surface area (Å²) in [5, 5.41) is 8.24. The van der Waals surface area contributed by atoms with Crippen LogP contribution in [-0.4, -0.2) is 38.5 Å². The number of amides is 2. The topological polar surface area (TPSA) is 70.2 Å². The van der Waals surface area contributed by atoms with Gasteiger partial charge in [-0.25, -0.2) is 0 Å². The van der Waals surface area contributed by atoms with Crippen molar-refractivity contribution in [1.29, 1.82) is 0 Å². The van der Waals surface area contributed by atoms with Crippen molar-refractivity contribution in [3.8, 4) is 0 Å². The van der Waals surface area contributed by atoms with Crippen molar-refractivity contribution in [1.82, 2.24) is 16.0 Å². The molecule has 1 unspecified atom stereocenters. The van der Waals surface area contributed by atoms with Crippen LogP contribution in [-0.2, 0) is 16.0 Å². The van der Waals surface area contributed by atoms with Gasteiger partial charge in [0, 0.05) is 26.4 Å². The number of likely N-dealkylation sites (N-methyl/N-ethyl adjacent to an activating group) is 1. The van der Waals surface area contributed by atoms with Crippen molar-refractivity contribution in [2.24, 2.45) is 0 Å². The monoisotopic (exact) mass is 263 g/mol. The van der Waals surface area contributed by atoms with Crippen LogP contribution in [0.3, 0.4) is 0 Å². The number of benzene rings is 1. The molecule has 3 N–H and O–H groups in total. The van der Waals surface area contributed by atoms with E-state index in [1.807, 2.05) is 30.3 Å². The summed E-state index contributed by atoms with van der Waals surface area (Å²) in [6, 6.07) is 9.10. The minimum absolute atomic E-state index is 0.126. The van der Waals surface area contributed by atoms with Gasteiger partial charge in [-0.15, -0.1) is 0 Å². The maximum Gasteiger partial charge on any atom is 0.242 e. The zero-order chi connectivity index (χ0) is 14.1. The normalized spacial score (nSPS) is 11.7. The van der Waals surface area contributed by atoms with Crippen LogP contribution in [0.25, 0.3) is 0 Å². The molecule has 0 bridgehead atoms. The highest BCUT2D eigenvalue weighted by Gasteiger charge is 2.19. The predicted molar refractivity (Wildman–Crippen MR) is 74.7 cm³/mol. The minimum Gasteiger partial charge on any atom is -0.357 e. The van der Waals surface area contributed by atoms with Gasteiger partial charge in [0.2, 0.25) is 11.8 Å². The Morgan fingerprint density at radius 3 is 2.42 bits per heavy atom. The molecule has 1 rings (SSSR count). The van der Waals surface area contributed by atoms with Gasteiger partial charge in [0.05, 0.1) is 0 Å². The van der Waals surface area contributed by atoms with E-state index in [0.29, 0.717) is 19.4 Å². The highest BCUT2D eigenvalue weighted by Crippen LogP contribution is 2.03. The van der Waals surface area contributed by atoms with Crippen molar-refractivity contribution in [2.75, 3.05) is 20.6 Å². The Balaban J connectivity index is 2.62. The van der Waals surface area contributed by atoms with Gasteiger partial charge in [0.25, 0.3) is 0 Å². The summed E-state index contributed by atoms with van der Waals surface area (Å²) in [4.78, 5) is 23.5. The third-order valence-corrected chi connectivity index (χ3v) is 2.78. The number of nitrogens with one attached hydrogen (secondary N) is 3. The zero-order valence-corrected chi connectivity index (χ0v) is 11.4. The molecule has 0 fully saturated rings. The van der Waals surface area contributed by atoms with Crippen molar-refractivity contribution < 1.29 is 9.59 Å². The van der Waals surface area contributed by atoms with Crippen LogP contribution in [0.1, 0.15) is 12.0 Å². The average molecular weight is 263 g/mol. The van der Waals surface area contributed by atoms with Crippen LogP contribution in [0, 0.1) is 0 Å². The second-order valence-corrected chi connectivity index (χ2v) is 4.28. The van der Waals surface area contributed by atoms with Gasteiger partial charge in [-0.05, 0) is 12.6 Å². The van der Waals surface area contributed by atoms with Crippen LogP contribution in [0.15, 0.2) is 30.3 Å². The predicted octanol–water partition coefficient (Wildman–Crippen LogP) is 0.0694. The Bertz CT molecular complexity index is 406. The molecule has 0 radical (unpaired) electrons. The van der Waals surface area contributed by atoms with Gasteiger partial charge in [-0.1, -0.05) is 30.3 Å². The fourth-order valence-corrected chi connectivity index (χ4v) is 1.74. The fourth-order valence-electron chi connectivity index (χ4n) is 1.74. The standard InChI is InChI=1S/C14H21N3O2/c1-15-9-8-13(18)17-12(14(19)16-2)10-11-6-4-3-5-7-11/h3-7,12,15H,8-10H2,1-2H3,(H,16,19)(H,17,18). The summed E-state index contributed by atoms with van der Waals surface area (Å²) >= 11 is 0. The molecule has 0 aliphatic rings. The molecule has 2 amide bonds. The fraction of sp³-hybridized carbons (Fsp3) is 0.429. The van der Waals surface area contributed by atoms with E-state index in [9.17, 15) is 9.59 Å². The second-order valence-electron chi connectivity index (χ2n) is 4.28. The van der Waals surface area contributed by atoms with Gasteiger partial charge in [0.1, 0.15) is 6.04 Å². The lowest BCUT2D eigenvalue weighted by atomic mass is 10.1. The van der Waals surface area contributed by atoms with Gasteiger partial charge in [0.15, 0.2) is 0 Å². The number of hydrogen-bond acceptors (Lipinski definition) is 3. The van der Waals surface area contributed by atoms with Gasteiger partial charge in [-0.3, -0.25) is 9.59 Å². The summed E-state index contributed by atoms with van der Waals surface area (Å²) in [6.07, 6.45) is 0.852. The Morgan fingerprint density at radius 2 is 1.84 bits per heavy atom. The molecule has 0 spiro atoms. The summed E-state index contributed by atoms with van der Waals surface area (Å²) in [7, 11) is 3.35. The third-order valence-electron chi connectivity index (χ3n) is 2.78. The van der Waals surface area contributed by atoms with E-state index in [2.05, 4.69) is 16.0 Å². The second kappa shape index (κ2) is 8.26. The SMILES string of the molecule is CNCCC(=O)NC(Cc1ccccc1)C(=O)NC. The molecule has 0 heterocycles. The first-order chi connectivity index (χ1) is 9.17. The molecular weight excluding hydrogens is 242 g/mol. The van der Waals surface area contributed by atoms with Gasteiger partial charge >= 0.3 is 0 Å². The molecule has 5 heteroatoms. The van der Waals surface area contributed by atoms with E-state index < -0.39 is 6.04 Å². The van der Waals surface area contributed by atoms with Gasteiger partial charge in [-0.2, -0.15) is 0 Å². The van der Waals surface area contributed by atoms with Crippen LogP contribution in [0.2, 0.25) is 0 Å². The molecular formula is C14H21N3O2. The van der Waals surface area contributed by atoms with Crippen LogP contribution >= 0.6 is 0 Å². The molecule has 1 atom stereocenters. The molecule has 5 nitrogen and oxygen atoms in total. The maximum absolute atomic E-state index is 11.8. The molecule has 0 aliphatic heterocycles. The largest absolute Gasteiger partial charge is 0.357 e. The molecule has 104 valence electrons. The van der Waals surface area contributed by atoms with E-state index >= 15 is 0 Å². The molecule has 0 saturated heterocycles. The Kier molecular flexibility index (Phi) is 6.60. The highest BCUT2D eigenvalue weighted by atomic mass is 16.2. The molecule has 0 aliphatic carbocycles. The van der Waals surface area contributed by atoms with E-state index in [1.54, 1.807) is 14.1 Å². The smallest absolute Gasteiger partial charge is 0.242 e. The number of rotatable bonds is 7. The lowest BCUT2D eigenvalue weighted by molar-refractivity contribution is -0.128. The summed E-state index contributed by atoms with van der Waals surface area (Å²) in [5.74, 6) is -0.305. The van der Waals surface area contributed by atoms with E-state index in [4.69, 9.17) is 0 Å². The molecule has 0 aromatic heterocycles. The molecule has 1 aromatic rings. The van der Waals surface area contributed by atoms with E-state index in [-0.39, 0.29) is 11.8 Å². The molecule has 1 aromatic carbocycles. The van der Waals surface area contributed by atoms with Crippen molar-refractivity contribution in [2.45, 2.75) is 18.9 Å². The Labute approximate surface area is 113 Å². The zero-order valence-electron chi connectivity index (χ0n) is 11.4. The Morgan fingerprint density at radius 1 is 1.16 bits per heavy atom. The lowest BCUT2D eigenvalue weighted by Gasteiger charge is -2.17. The van der Waals surface area contributed by atoms with Crippen molar-refractivity contribution in [3.05, 3.63) is 35.9 Å². The van der Waals surface area contributed by atoms with Crippen LogP contribution in [0.5, 0.6) is 0 Å². The van der Waals surface area contributed by atoms with E-state index in [0.717, 1.165) is 5.56 Å². The number of carbonyl (C=O) groups is 2. The summed E-state index contributed by atoms with van der Waals surface area (Å²) in [5.41, 5.74) is 1.02. The first-order valence-corrected chi connectivity index (χ1v) is 6.37. The third kappa shape index (κ3) is 5.52. The van der Waals surface area contributed by atoms with Crippen molar-refractivity contribution in [3.63, 3.8) is 0 Å². The summed E-state index contributed by atoms with van der Waals surface area (Å²) in [6.45, 7) is 0.595.